The van der Waals surface area contributed by atoms with Crippen molar-refractivity contribution in [2.75, 3.05) is 19.6 Å². The van der Waals surface area contributed by atoms with E-state index in [2.05, 4.69) is 22.3 Å². The summed E-state index contributed by atoms with van der Waals surface area (Å²) < 4.78 is 1.31. The number of carbonyl (C=O) groups excluding carboxylic acids is 1. The number of rotatable bonds is 2. The summed E-state index contributed by atoms with van der Waals surface area (Å²) in [4.78, 5) is 28.5. The highest BCUT2D eigenvalue weighted by molar-refractivity contribution is 5.94. The first-order chi connectivity index (χ1) is 12.1. The second kappa shape index (κ2) is 6.20. The molecule has 0 aliphatic carbocycles. The topological polar surface area (TPSA) is 58.4 Å². The lowest BCUT2D eigenvalue weighted by atomic mass is 10.1. The van der Waals surface area contributed by atoms with E-state index in [0.29, 0.717) is 17.3 Å². The molecule has 0 spiro atoms. The molecule has 1 fully saturated rings. The van der Waals surface area contributed by atoms with Gasteiger partial charge in [-0.2, -0.15) is 5.10 Å². The Morgan fingerprint density at radius 2 is 1.92 bits per heavy atom. The Bertz CT molecular complexity index is 885. The van der Waals surface area contributed by atoms with Crippen LogP contribution in [0.1, 0.15) is 16.8 Å². The molecule has 0 N–H and O–H groups in total. The van der Waals surface area contributed by atoms with Gasteiger partial charge in [0, 0.05) is 49.9 Å². The Labute approximate surface area is 146 Å². The number of piperazine rings is 1. The van der Waals surface area contributed by atoms with Crippen molar-refractivity contribution in [3.05, 3.63) is 64.6 Å². The molecule has 25 heavy (non-hydrogen) atoms. The van der Waals surface area contributed by atoms with Gasteiger partial charge >= 0.3 is 0 Å². The van der Waals surface area contributed by atoms with Crippen LogP contribution in [0, 0.1) is 0 Å². The van der Waals surface area contributed by atoms with E-state index >= 15 is 0 Å². The molecule has 1 atom stereocenters. The molecular formula is C19H20N4O2. The Hall–Kier alpha value is -2.89. The molecule has 2 aliphatic heterocycles. The molecule has 6 heteroatoms. The van der Waals surface area contributed by atoms with Gasteiger partial charge in [-0.25, -0.2) is 4.68 Å². The summed E-state index contributed by atoms with van der Waals surface area (Å²) in [5.41, 5.74) is 2.15. The van der Waals surface area contributed by atoms with Crippen molar-refractivity contribution < 1.29 is 4.79 Å². The summed E-state index contributed by atoms with van der Waals surface area (Å²) in [6.07, 6.45) is 5.33. The highest BCUT2D eigenvalue weighted by Crippen LogP contribution is 2.22. The number of amides is 1. The van der Waals surface area contributed by atoms with Crippen LogP contribution in [0.5, 0.6) is 0 Å². The van der Waals surface area contributed by atoms with Crippen LogP contribution in [-0.4, -0.2) is 51.2 Å². The van der Waals surface area contributed by atoms with Crippen molar-refractivity contribution >= 4 is 5.91 Å². The van der Waals surface area contributed by atoms with Gasteiger partial charge in [-0.15, -0.1) is 0 Å². The molecule has 1 aromatic heterocycles. The van der Waals surface area contributed by atoms with Gasteiger partial charge in [-0.1, -0.05) is 18.2 Å². The molecule has 1 amide bonds. The molecule has 2 aromatic rings. The maximum atomic E-state index is 12.8. The molecule has 6 nitrogen and oxygen atoms in total. The fourth-order valence-electron chi connectivity index (χ4n) is 3.44. The molecule has 0 bridgehead atoms. The van der Waals surface area contributed by atoms with Gasteiger partial charge in [0.1, 0.15) is 0 Å². The van der Waals surface area contributed by atoms with Gasteiger partial charge in [0.2, 0.25) is 0 Å². The lowest BCUT2D eigenvalue weighted by molar-refractivity contribution is 0.0608. The molecule has 0 unspecified atom stereocenters. The molecule has 2 aliphatic rings. The van der Waals surface area contributed by atoms with Crippen LogP contribution < -0.4 is 5.56 Å². The lowest BCUT2D eigenvalue weighted by Gasteiger charge is -2.38. The van der Waals surface area contributed by atoms with Crippen molar-refractivity contribution in [1.29, 1.82) is 0 Å². The summed E-state index contributed by atoms with van der Waals surface area (Å²) in [7, 11) is 1.63. The summed E-state index contributed by atoms with van der Waals surface area (Å²) >= 11 is 0. The SMILES string of the molecule is Cn1nc(-c2ccc(C(=O)N3CCN4C=CC[C@H]4C3)cc2)ccc1=O. The zero-order valence-corrected chi connectivity index (χ0v) is 14.1. The molecule has 1 saturated heterocycles. The second-order valence-electron chi connectivity index (χ2n) is 6.52. The number of fused-ring (bicyclic) bond motifs is 1. The third kappa shape index (κ3) is 2.95. The standard InChI is InChI=1S/C19H20N4O2/c1-21-18(24)9-8-17(20-21)14-4-6-15(7-5-14)19(25)23-12-11-22-10-2-3-16(22)13-23/h2,4-10,16H,3,11-13H2,1H3/t16-/m0/s1. The van der Waals surface area contributed by atoms with Crippen molar-refractivity contribution in [2.24, 2.45) is 7.05 Å². The normalized spacial score (nSPS) is 19.2. The Kier molecular flexibility index (Phi) is 3.87. The van der Waals surface area contributed by atoms with Gasteiger partial charge in [-0.05, 0) is 30.8 Å². The predicted octanol–water partition coefficient (Wildman–Crippen LogP) is 1.49. The Morgan fingerprint density at radius 3 is 2.68 bits per heavy atom. The average molecular weight is 336 g/mol. The minimum Gasteiger partial charge on any atom is -0.371 e. The molecule has 4 rings (SSSR count). The van der Waals surface area contributed by atoms with E-state index in [1.54, 1.807) is 13.1 Å². The Balaban J connectivity index is 1.50. The van der Waals surface area contributed by atoms with E-state index in [0.717, 1.165) is 31.6 Å². The summed E-state index contributed by atoms with van der Waals surface area (Å²) in [5, 5.41) is 4.24. The summed E-state index contributed by atoms with van der Waals surface area (Å²) in [6.45, 7) is 2.42. The van der Waals surface area contributed by atoms with Crippen LogP contribution in [-0.2, 0) is 7.05 Å². The van der Waals surface area contributed by atoms with Gasteiger partial charge < -0.3 is 9.80 Å². The summed E-state index contributed by atoms with van der Waals surface area (Å²) in [5.74, 6) is 0.0755. The Morgan fingerprint density at radius 1 is 1.12 bits per heavy atom. The number of benzene rings is 1. The maximum Gasteiger partial charge on any atom is 0.266 e. The van der Waals surface area contributed by atoms with Gasteiger partial charge in [0.25, 0.3) is 11.5 Å². The van der Waals surface area contributed by atoms with Gasteiger partial charge in [-0.3, -0.25) is 9.59 Å². The lowest BCUT2D eigenvalue weighted by Crippen LogP contribution is -2.51. The fraction of sp³-hybridized carbons (Fsp3) is 0.316. The third-order valence-electron chi connectivity index (χ3n) is 4.91. The largest absolute Gasteiger partial charge is 0.371 e. The summed E-state index contributed by atoms with van der Waals surface area (Å²) in [6, 6.07) is 11.1. The molecule has 3 heterocycles. The molecule has 128 valence electrons. The fourth-order valence-corrected chi connectivity index (χ4v) is 3.44. The van der Waals surface area contributed by atoms with Crippen molar-refractivity contribution in [3.8, 4) is 11.3 Å². The number of carbonyl (C=O) groups is 1. The first-order valence-corrected chi connectivity index (χ1v) is 8.48. The van der Waals surface area contributed by atoms with E-state index in [4.69, 9.17) is 0 Å². The second-order valence-corrected chi connectivity index (χ2v) is 6.52. The van der Waals surface area contributed by atoms with Crippen LogP contribution >= 0.6 is 0 Å². The van der Waals surface area contributed by atoms with E-state index in [9.17, 15) is 9.59 Å². The van der Waals surface area contributed by atoms with Gasteiger partial charge in [0.05, 0.1) is 5.69 Å². The van der Waals surface area contributed by atoms with Crippen molar-refractivity contribution in [2.45, 2.75) is 12.5 Å². The minimum atomic E-state index is -0.143. The molecule has 1 aromatic carbocycles. The monoisotopic (exact) mass is 336 g/mol. The molecule has 0 saturated carbocycles. The molecule has 0 radical (unpaired) electrons. The predicted molar refractivity (Wildman–Crippen MR) is 95.1 cm³/mol. The van der Waals surface area contributed by atoms with Crippen LogP contribution in [0.2, 0.25) is 0 Å². The van der Waals surface area contributed by atoms with E-state index in [-0.39, 0.29) is 11.5 Å². The van der Waals surface area contributed by atoms with Crippen molar-refractivity contribution in [3.63, 3.8) is 0 Å². The quantitative estimate of drug-likeness (QED) is 0.834. The van der Waals surface area contributed by atoms with E-state index < -0.39 is 0 Å². The number of aryl methyl sites for hydroxylation is 1. The minimum absolute atomic E-state index is 0.0755. The highest BCUT2D eigenvalue weighted by atomic mass is 16.2. The number of hydrogen-bond acceptors (Lipinski definition) is 4. The van der Waals surface area contributed by atoms with Crippen LogP contribution in [0.4, 0.5) is 0 Å². The zero-order chi connectivity index (χ0) is 17.4. The first-order valence-electron chi connectivity index (χ1n) is 8.48. The third-order valence-corrected chi connectivity index (χ3v) is 4.91. The average Bonchev–Trinajstić information content (AvgIpc) is 3.11. The van der Waals surface area contributed by atoms with Crippen LogP contribution in [0.3, 0.4) is 0 Å². The van der Waals surface area contributed by atoms with Gasteiger partial charge in [0.15, 0.2) is 0 Å². The highest BCUT2D eigenvalue weighted by Gasteiger charge is 2.29. The number of nitrogens with zero attached hydrogens (tertiary/aromatic N) is 4. The zero-order valence-electron chi connectivity index (χ0n) is 14.1. The van der Waals surface area contributed by atoms with E-state index in [1.807, 2.05) is 29.2 Å². The van der Waals surface area contributed by atoms with Crippen LogP contribution in [0.15, 0.2) is 53.5 Å². The molecular weight excluding hydrogens is 316 g/mol. The van der Waals surface area contributed by atoms with E-state index in [1.165, 1.54) is 10.7 Å². The van der Waals surface area contributed by atoms with Crippen LogP contribution in [0.25, 0.3) is 11.3 Å². The van der Waals surface area contributed by atoms with Crippen molar-refractivity contribution in [1.82, 2.24) is 19.6 Å². The number of hydrogen-bond donors (Lipinski definition) is 0. The number of aromatic nitrogens is 2. The maximum absolute atomic E-state index is 12.8. The smallest absolute Gasteiger partial charge is 0.266 e. The first kappa shape index (κ1) is 15.6.